The summed E-state index contributed by atoms with van der Waals surface area (Å²) in [6, 6.07) is 8.94. The maximum Gasteiger partial charge on any atom is 0.407 e. The first-order chi connectivity index (χ1) is 19.1. The maximum absolute atomic E-state index is 12.1. The highest BCUT2D eigenvalue weighted by Crippen LogP contribution is 2.27. The first kappa shape index (κ1) is 34.9. The molecule has 0 spiro atoms. The minimum absolute atomic E-state index is 0.0304. The Morgan fingerprint density at radius 1 is 1.02 bits per heavy atom. The molecule has 0 aliphatic carbocycles. The number of halogens is 4. The van der Waals surface area contributed by atoms with Gasteiger partial charge in [-0.3, -0.25) is 10.1 Å². The van der Waals surface area contributed by atoms with Crippen LogP contribution in [0, 0.1) is 0 Å². The van der Waals surface area contributed by atoms with Gasteiger partial charge in [-0.2, -0.15) is 0 Å². The summed E-state index contributed by atoms with van der Waals surface area (Å²) < 4.78 is 10.0. The number of ether oxygens (including phenoxy) is 2. The van der Waals surface area contributed by atoms with Crippen molar-refractivity contribution < 1.29 is 23.9 Å². The van der Waals surface area contributed by atoms with Gasteiger partial charge in [0.15, 0.2) is 0 Å². The van der Waals surface area contributed by atoms with E-state index in [9.17, 15) is 14.4 Å². The van der Waals surface area contributed by atoms with Gasteiger partial charge in [0.1, 0.15) is 17.7 Å². The fourth-order valence-corrected chi connectivity index (χ4v) is 4.34. The molecular weight excluding hydrogens is 614 g/mol. The number of carbonyl (C=O) groups is 3. The van der Waals surface area contributed by atoms with Crippen molar-refractivity contribution in [2.45, 2.75) is 64.4 Å². The Balaban J connectivity index is 0.000000314. The number of methoxy groups -OCH3 is 1. The van der Waals surface area contributed by atoms with Crippen LogP contribution in [0.15, 0.2) is 36.4 Å². The fourth-order valence-electron chi connectivity index (χ4n) is 3.73. The summed E-state index contributed by atoms with van der Waals surface area (Å²) in [5.74, 6) is -0.500. The molecule has 0 saturated carbocycles. The van der Waals surface area contributed by atoms with Crippen molar-refractivity contribution in [1.82, 2.24) is 21.3 Å². The van der Waals surface area contributed by atoms with E-state index in [0.717, 1.165) is 12.1 Å². The number of alkyl carbamates (subject to hydrolysis) is 1. The summed E-state index contributed by atoms with van der Waals surface area (Å²) in [6.45, 7) is 10.2. The number of carbonyl (C=O) groups excluding carboxylic acids is 3. The monoisotopic (exact) mass is 648 g/mol. The van der Waals surface area contributed by atoms with Crippen molar-refractivity contribution in [1.29, 1.82) is 0 Å². The van der Waals surface area contributed by atoms with E-state index in [4.69, 9.17) is 55.9 Å². The zero-order valence-electron chi connectivity index (χ0n) is 23.7. The van der Waals surface area contributed by atoms with Crippen LogP contribution in [0.25, 0.3) is 0 Å². The number of rotatable bonds is 7. The fraction of sp³-hybridized carbons (Fsp3) is 0.464. The zero-order valence-corrected chi connectivity index (χ0v) is 26.8. The van der Waals surface area contributed by atoms with Crippen molar-refractivity contribution in [2.75, 3.05) is 20.2 Å². The lowest BCUT2D eigenvalue weighted by atomic mass is 10.0. The number of hydrogen-bond acceptors (Lipinski definition) is 7. The largest absolute Gasteiger partial charge is 0.468 e. The SMILES string of the molecule is COC(=O)C(NC[C@@H](C)NC(=O)OC(C)(C)C)c1ccc(Cl)c(Cl)c1.C[C@@H]1CN[C@@H](c2ccc(Cl)c(Cl)c2)C(=O)N1. The number of benzene rings is 2. The maximum atomic E-state index is 12.1. The van der Waals surface area contributed by atoms with Gasteiger partial charge in [-0.25, -0.2) is 9.59 Å². The number of hydrogen-bond donors (Lipinski definition) is 4. The molecule has 1 heterocycles. The second-order valence-corrected chi connectivity index (χ2v) is 12.1. The van der Waals surface area contributed by atoms with E-state index >= 15 is 0 Å². The van der Waals surface area contributed by atoms with E-state index in [0.29, 0.717) is 32.2 Å². The van der Waals surface area contributed by atoms with Gasteiger partial charge < -0.3 is 25.4 Å². The van der Waals surface area contributed by atoms with E-state index in [1.807, 2.05) is 6.92 Å². The topological polar surface area (TPSA) is 118 Å². The lowest BCUT2D eigenvalue weighted by molar-refractivity contribution is -0.143. The zero-order chi connectivity index (χ0) is 30.9. The summed E-state index contributed by atoms with van der Waals surface area (Å²) in [7, 11) is 1.30. The molecule has 41 heavy (non-hydrogen) atoms. The van der Waals surface area contributed by atoms with E-state index < -0.39 is 23.7 Å². The molecule has 1 fully saturated rings. The quantitative estimate of drug-likeness (QED) is 0.278. The van der Waals surface area contributed by atoms with Gasteiger partial charge in [0.2, 0.25) is 5.91 Å². The lowest BCUT2D eigenvalue weighted by Gasteiger charge is -2.28. The van der Waals surface area contributed by atoms with Crippen molar-refractivity contribution in [2.24, 2.45) is 0 Å². The van der Waals surface area contributed by atoms with E-state index in [-0.39, 0.29) is 24.0 Å². The average molecular weight is 650 g/mol. The summed E-state index contributed by atoms with van der Waals surface area (Å²) in [4.78, 5) is 35.6. The van der Waals surface area contributed by atoms with Gasteiger partial charge >= 0.3 is 12.1 Å². The van der Waals surface area contributed by atoms with Gasteiger partial charge in [-0.1, -0.05) is 58.5 Å². The van der Waals surface area contributed by atoms with E-state index in [1.54, 1.807) is 64.1 Å². The number of nitrogens with one attached hydrogen (secondary N) is 4. The van der Waals surface area contributed by atoms with Crippen LogP contribution in [0.5, 0.6) is 0 Å². The number of piperazine rings is 1. The summed E-state index contributed by atoms with van der Waals surface area (Å²) >= 11 is 23.7. The molecule has 226 valence electrons. The van der Waals surface area contributed by atoms with Gasteiger partial charge in [-0.05, 0) is 70.0 Å². The second kappa shape index (κ2) is 15.8. The van der Waals surface area contributed by atoms with Crippen LogP contribution >= 0.6 is 46.4 Å². The van der Waals surface area contributed by atoms with E-state index in [2.05, 4.69) is 21.3 Å². The third-order valence-electron chi connectivity index (χ3n) is 5.66. The Morgan fingerprint density at radius 2 is 1.63 bits per heavy atom. The molecule has 3 rings (SSSR count). The highest BCUT2D eigenvalue weighted by atomic mass is 35.5. The molecule has 2 aromatic rings. The molecule has 4 atom stereocenters. The van der Waals surface area contributed by atoms with Gasteiger partial charge in [0.05, 0.1) is 27.2 Å². The van der Waals surface area contributed by atoms with Crippen LogP contribution in [-0.2, 0) is 19.1 Å². The van der Waals surface area contributed by atoms with Gasteiger partial charge in [0, 0.05) is 25.2 Å². The molecule has 9 nitrogen and oxygen atoms in total. The van der Waals surface area contributed by atoms with Crippen LogP contribution in [0.2, 0.25) is 20.1 Å². The standard InChI is InChI=1S/C17H24Cl2N2O4.C11H12Cl2N2O/c1-10(21-16(23)25-17(2,3)4)9-20-14(15(22)24-5)11-6-7-12(18)13(19)8-11;1-6-5-14-10(11(16)15-6)7-2-3-8(12)9(13)4-7/h6-8,10,14,20H,9H2,1-5H3,(H,21,23);2-4,6,10,14H,5H2,1H3,(H,15,16)/t10-,14?;6-,10+/m11/s1. The first-order valence-corrected chi connectivity index (χ1v) is 14.4. The van der Waals surface area contributed by atoms with Crippen LogP contribution in [0.1, 0.15) is 57.8 Å². The molecule has 0 bridgehead atoms. The average Bonchev–Trinajstić information content (AvgIpc) is 2.87. The third-order valence-corrected chi connectivity index (χ3v) is 7.14. The van der Waals surface area contributed by atoms with Crippen molar-refractivity contribution in [3.05, 3.63) is 67.6 Å². The smallest absolute Gasteiger partial charge is 0.407 e. The molecule has 2 aromatic carbocycles. The molecule has 2 amide bonds. The minimum Gasteiger partial charge on any atom is -0.468 e. The van der Waals surface area contributed by atoms with Crippen LogP contribution < -0.4 is 21.3 Å². The Bertz CT molecular complexity index is 1220. The number of amides is 2. The van der Waals surface area contributed by atoms with Gasteiger partial charge in [0.25, 0.3) is 0 Å². The summed E-state index contributed by atoms with van der Waals surface area (Å²) in [6.07, 6.45) is -0.522. The predicted octanol–water partition coefficient (Wildman–Crippen LogP) is 5.85. The van der Waals surface area contributed by atoms with Crippen molar-refractivity contribution in [3.8, 4) is 0 Å². The Kier molecular flexibility index (Phi) is 13.5. The Hall–Kier alpha value is -2.27. The van der Waals surface area contributed by atoms with Crippen molar-refractivity contribution >= 4 is 64.4 Å². The summed E-state index contributed by atoms with van der Waals surface area (Å²) in [5, 5.41) is 13.5. The molecule has 0 radical (unpaired) electrons. The molecule has 0 aromatic heterocycles. The molecule has 1 saturated heterocycles. The Morgan fingerprint density at radius 3 is 2.17 bits per heavy atom. The molecule has 1 aliphatic rings. The minimum atomic E-state index is -0.734. The molecule has 1 aliphatic heterocycles. The molecule has 13 heteroatoms. The highest BCUT2D eigenvalue weighted by Gasteiger charge is 2.27. The number of esters is 1. The lowest BCUT2D eigenvalue weighted by Crippen LogP contribution is -2.52. The molecule has 4 N–H and O–H groups in total. The highest BCUT2D eigenvalue weighted by molar-refractivity contribution is 6.42. The van der Waals surface area contributed by atoms with Crippen LogP contribution in [-0.4, -0.2) is 55.9 Å². The normalized spacial score (nSPS) is 18.2. The second-order valence-electron chi connectivity index (χ2n) is 10.5. The summed E-state index contributed by atoms with van der Waals surface area (Å²) in [5.41, 5.74) is 0.871. The predicted molar refractivity (Wildman–Crippen MR) is 163 cm³/mol. The van der Waals surface area contributed by atoms with Crippen LogP contribution in [0.3, 0.4) is 0 Å². The third kappa shape index (κ3) is 11.5. The van der Waals surface area contributed by atoms with E-state index in [1.165, 1.54) is 7.11 Å². The van der Waals surface area contributed by atoms with Gasteiger partial charge in [-0.15, -0.1) is 0 Å². The Labute approximate surface area is 260 Å². The van der Waals surface area contributed by atoms with Crippen LogP contribution in [0.4, 0.5) is 4.79 Å². The first-order valence-electron chi connectivity index (χ1n) is 12.9. The van der Waals surface area contributed by atoms with Crippen molar-refractivity contribution in [3.63, 3.8) is 0 Å². The molecule has 1 unspecified atom stereocenters. The molecular formula is C28H36Cl4N4O5.